The van der Waals surface area contributed by atoms with Crippen LogP contribution in [0.2, 0.25) is 0 Å². The number of hydrogen-bond acceptors (Lipinski definition) is 6. The number of aliphatic hydroxyl groups is 1. The maximum absolute atomic E-state index is 13.0. The molecule has 3 atom stereocenters. The number of anilines is 1. The molecule has 0 saturated carbocycles. The Labute approximate surface area is 179 Å². The number of hydrogen-bond donors (Lipinski definition) is 2. The predicted octanol–water partition coefficient (Wildman–Crippen LogP) is 2.14. The van der Waals surface area contributed by atoms with Gasteiger partial charge in [0, 0.05) is 51.2 Å². The van der Waals surface area contributed by atoms with Gasteiger partial charge in [0.15, 0.2) is 0 Å². The molecule has 2 fully saturated rings. The highest BCUT2D eigenvalue weighted by Gasteiger charge is 2.37. The molecular formula is C22H27F3N4O2. The highest BCUT2D eigenvalue weighted by atomic mass is 19.4. The maximum Gasteiger partial charge on any atom is 0.416 e. The topological polar surface area (TPSA) is 60.9 Å². The molecule has 9 heteroatoms. The fourth-order valence-electron chi connectivity index (χ4n) is 4.08. The lowest BCUT2D eigenvalue weighted by Crippen LogP contribution is -2.51. The Kier molecular flexibility index (Phi) is 6.76. The van der Waals surface area contributed by atoms with Crippen LogP contribution in [0.5, 0.6) is 0 Å². The zero-order valence-corrected chi connectivity index (χ0v) is 17.1. The first-order chi connectivity index (χ1) is 14.9. The summed E-state index contributed by atoms with van der Waals surface area (Å²) in [5.41, 5.74) is 0.869. The van der Waals surface area contributed by atoms with E-state index in [4.69, 9.17) is 4.74 Å². The Morgan fingerprint density at radius 2 is 1.90 bits per heavy atom. The number of benzene rings is 1. The molecule has 1 aromatic carbocycles. The van der Waals surface area contributed by atoms with E-state index < -0.39 is 17.8 Å². The third-order valence-electron chi connectivity index (χ3n) is 5.90. The summed E-state index contributed by atoms with van der Waals surface area (Å²) in [4.78, 5) is 8.43. The number of nitrogens with one attached hydrogen (secondary N) is 1. The lowest BCUT2D eigenvalue weighted by molar-refractivity contribution is -0.137. The van der Waals surface area contributed by atoms with Gasteiger partial charge in [-0.05, 0) is 30.3 Å². The summed E-state index contributed by atoms with van der Waals surface area (Å²) in [6.45, 7) is 4.26. The standard InChI is InChI=1S/C22H27F3N4O2/c23-22(24,25)16-4-3-6-18(12-16)29-10-8-28(9-11-29)14-20-21(30)19(15-31-20)27-13-17-5-1-2-7-26-17/h1-7,12,19-21,27,30H,8-11,13-15H2. The number of aromatic nitrogens is 1. The lowest BCUT2D eigenvalue weighted by atomic mass is 10.1. The maximum atomic E-state index is 13.0. The quantitative estimate of drug-likeness (QED) is 0.724. The Morgan fingerprint density at radius 1 is 1.10 bits per heavy atom. The van der Waals surface area contributed by atoms with Crippen molar-refractivity contribution in [3.63, 3.8) is 0 Å². The van der Waals surface area contributed by atoms with E-state index in [0.29, 0.717) is 51.6 Å². The minimum absolute atomic E-state index is 0.154. The number of ether oxygens (including phenoxy) is 1. The van der Waals surface area contributed by atoms with E-state index >= 15 is 0 Å². The SMILES string of the molecule is OC1C(NCc2ccccn2)COC1CN1CCN(c2cccc(C(F)(F)F)c2)CC1. The number of aliphatic hydroxyl groups excluding tert-OH is 1. The van der Waals surface area contributed by atoms with Gasteiger partial charge in [-0.1, -0.05) is 12.1 Å². The van der Waals surface area contributed by atoms with Gasteiger partial charge in [0.05, 0.1) is 36.1 Å². The first-order valence-corrected chi connectivity index (χ1v) is 10.5. The van der Waals surface area contributed by atoms with Crippen LogP contribution in [0.25, 0.3) is 0 Å². The Morgan fingerprint density at radius 3 is 2.61 bits per heavy atom. The summed E-state index contributed by atoms with van der Waals surface area (Å²) in [7, 11) is 0. The van der Waals surface area contributed by atoms with Crippen LogP contribution in [-0.4, -0.2) is 72.6 Å². The smallest absolute Gasteiger partial charge is 0.389 e. The lowest BCUT2D eigenvalue weighted by Gasteiger charge is -2.37. The third kappa shape index (κ3) is 5.54. The summed E-state index contributed by atoms with van der Waals surface area (Å²) < 4.78 is 44.7. The number of alkyl halides is 3. The highest BCUT2D eigenvalue weighted by Crippen LogP contribution is 2.32. The minimum Gasteiger partial charge on any atom is -0.389 e. The number of nitrogens with zero attached hydrogens (tertiary/aromatic N) is 3. The van der Waals surface area contributed by atoms with Crippen LogP contribution in [-0.2, 0) is 17.5 Å². The number of pyridine rings is 1. The molecule has 0 amide bonds. The molecule has 1 aromatic heterocycles. The first kappa shape index (κ1) is 22.0. The largest absolute Gasteiger partial charge is 0.416 e. The van der Waals surface area contributed by atoms with Crippen molar-refractivity contribution in [3.05, 3.63) is 59.9 Å². The molecule has 6 nitrogen and oxygen atoms in total. The van der Waals surface area contributed by atoms with E-state index in [9.17, 15) is 18.3 Å². The Hall–Kier alpha value is -2.20. The molecule has 2 saturated heterocycles. The van der Waals surface area contributed by atoms with Gasteiger partial charge in [0.2, 0.25) is 0 Å². The van der Waals surface area contributed by atoms with Crippen LogP contribution < -0.4 is 10.2 Å². The summed E-state index contributed by atoms with van der Waals surface area (Å²) >= 11 is 0. The molecule has 2 aliphatic rings. The van der Waals surface area contributed by atoms with E-state index in [-0.39, 0.29) is 12.1 Å². The number of piperazine rings is 1. The molecule has 2 aliphatic heterocycles. The van der Waals surface area contributed by atoms with Gasteiger partial charge < -0.3 is 20.1 Å². The minimum atomic E-state index is -4.34. The van der Waals surface area contributed by atoms with Gasteiger partial charge in [0.1, 0.15) is 0 Å². The van der Waals surface area contributed by atoms with E-state index in [1.54, 1.807) is 12.3 Å². The Bertz CT molecular complexity index is 844. The van der Waals surface area contributed by atoms with Crippen molar-refractivity contribution in [2.45, 2.75) is 31.0 Å². The Balaban J connectivity index is 1.25. The fraction of sp³-hybridized carbons (Fsp3) is 0.500. The van der Waals surface area contributed by atoms with Crippen LogP contribution in [0.1, 0.15) is 11.3 Å². The second-order valence-electron chi connectivity index (χ2n) is 8.01. The van der Waals surface area contributed by atoms with Crippen molar-refractivity contribution in [2.24, 2.45) is 0 Å². The summed E-state index contributed by atoms with van der Waals surface area (Å²) in [6, 6.07) is 11.0. The van der Waals surface area contributed by atoms with Gasteiger partial charge in [-0.15, -0.1) is 0 Å². The predicted molar refractivity (Wildman–Crippen MR) is 111 cm³/mol. The van der Waals surface area contributed by atoms with Crippen molar-refractivity contribution < 1.29 is 23.0 Å². The monoisotopic (exact) mass is 436 g/mol. The molecule has 4 rings (SSSR count). The number of rotatable bonds is 6. The molecular weight excluding hydrogens is 409 g/mol. The van der Waals surface area contributed by atoms with Crippen LogP contribution in [0, 0.1) is 0 Å². The average molecular weight is 436 g/mol. The molecule has 3 heterocycles. The molecule has 0 spiro atoms. The molecule has 168 valence electrons. The molecule has 0 aliphatic carbocycles. The van der Waals surface area contributed by atoms with Crippen LogP contribution in [0.3, 0.4) is 0 Å². The third-order valence-corrected chi connectivity index (χ3v) is 5.90. The van der Waals surface area contributed by atoms with Gasteiger partial charge in [-0.2, -0.15) is 13.2 Å². The molecule has 2 aromatic rings. The van der Waals surface area contributed by atoms with Crippen molar-refractivity contribution in [1.82, 2.24) is 15.2 Å². The molecule has 0 bridgehead atoms. The second kappa shape index (κ2) is 9.52. The molecule has 0 radical (unpaired) electrons. The molecule has 3 unspecified atom stereocenters. The normalized spacial score (nSPS) is 25.2. The highest BCUT2D eigenvalue weighted by molar-refractivity contribution is 5.49. The zero-order valence-electron chi connectivity index (χ0n) is 17.1. The molecule has 2 N–H and O–H groups in total. The second-order valence-corrected chi connectivity index (χ2v) is 8.01. The summed E-state index contributed by atoms with van der Waals surface area (Å²) in [6.07, 6.45) is -3.51. The van der Waals surface area contributed by atoms with E-state index in [1.807, 2.05) is 23.1 Å². The fourth-order valence-corrected chi connectivity index (χ4v) is 4.08. The van der Waals surface area contributed by atoms with E-state index in [1.165, 1.54) is 12.1 Å². The zero-order chi connectivity index (χ0) is 21.8. The summed E-state index contributed by atoms with van der Waals surface area (Å²) in [5, 5.41) is 13.9. The first-order valence-electron chi connectivity index (χ1n) is 10.5. The van der Waals surface area contributed by atoms with Crippen LogP contribution >= 0.6 is 0 Å². The van der Waals surface area contributed by atoms with E-state index in [0.717, 1.165) is 11.8 Å². The summed E-state index contributed by atoms with van der Waals surface area (Å²) in [5.74, 6) is 0. The number of halogens is 3. The van der Waals surface area contributed by atoms with Crippen molar-refractivity contribution >= 4 is 5.69 Å². The van der Waals surface area contributed by atoms with Gasteiger partial charge >= 0.3 is 6.18 Å². The van der Waals surface area contributed by atoms with Crippen molar-refractivity contribution in [2.75, 3.05) is 44.2 Å². The van der Waals surface area contributed by atoms with Crippen LogP contribution in [0.15, 0.2) is 48.7 Å². The average Bonchev–Trinajstić information content (AvgIpc) is 3.12. The van der Waals surface area contributed by atoms with Crippen molar-refractivity contribution in [3.8, 4) is 0 Å². The van der Waals surface area contributed by atoms with Crippen molar-refractivity contribution in [1.29, 1.82) is 0 Å². The van der Waals surface area contributed by atoms with Gasteiger partial charge in [-0.25, -0.2) is 0 Å². The van der Waals surface area contributed by atoms with Crippen LogP contribution in [0.4, 0.5) is 18.9 Å². The van der Waals surface area contributed by atoms with E-state index in [2.05, 4.69) is 15.2 Å². The van der Waals surface area contributed by atoms with Gasteiger partial charge in [0.25, 0.3) is 0 Å². The molecule has 31 heavy (non-hydrogen) atoms. The van der Waals surface area contributed by atoms with Gasteiger partial charge in [-0.3, -0.25) is 9.88 Å².